The molecule has 1 unspecified atom stereocenters. The molecule has 3 aliphatic rings. The second kappa shape index (κ2) is 7.61. The number of ether oxygens (including phenoxy) is 2. The second-order valence-corrected chi connectivity index (χ2v) is 9.40. The lowest BCUT2D eigenvalue weighted by Crippen LogP contribution is -2.48. The number of rotatable bonds is 2. The average Bonchev–Trinajstić information content (AvgIpc) is 3.50. The van der Waals surface area contributed by atoms with Crippen molar-refractivity contribution in [2.75, 3.05) is 19.8 Å². The Labute approximate surface area is 192 Å². The fourth-order valence-corrected chi connectivity index (χ4v) is 5.69. The van der Waals surface area contributed by atoms with Crippen molar-refractivity contribution in [2.24, 2.45) is 0 Å². The number of amides is 1. The summed E-state index contributed by atoms with van der Waals surface area (Å²) in [7, 11) is 0. The van der Waals surface area contributed by atoms with Crippen LogP contribution >= 0.6 is 0 Å². The third-order valence-electron chi connectivity index (χ3n) is 7.40. The highest BCUT2D eigenvalue weighted by Crippen LogP contribution is 2.52. The van der Waals surface area contributed by atoms with Gasteiger partial charge in [0.2, 0.25) is 0 Å². The van der Waals surface area contributed by atoms with Gasteiger partial charge in [-0.1, -0.05) is 18.0 Å². The molecule has 33 heavy (non-hydrogen) atoms. The normalized spacial score (nSPS) is 20.7. The van der Waals surface area contributed by atoms with Gasteiger partial charge < -0.3 is 18.9 Å². The molecule has 3 heterocycles. The highest BCUT2D eigenvalue weighted by atomic mass is 16.6. The van der Waals surface area contributed by atoms with E-state index < -0.39 is 0 Å². The van der Waals surface area contributed by atoms with Gasteiger partial charge in [-0.25, -0.2) is 0 Å². The van der Waals surface area contributed by atoms with Gasteiger partial charge in [0.15, 0.2) is 17.3 Å². The van der Waals surface area contributed by atoms with E-state index in [1.54, 1.807) is 6.92 Å². The number of aromatic nitrogens is 2. The number of nitrogens with zero attached hydrogens (tertiary/aromatic N) is 3. The summed E-state index contributed by atoms with van der Waals surface area (Å²) in [5.41, 5.74) is 3.96. The first-order valence-corrected chi connectivity index (χ1v) is 11.7. The van der Waals surface area contributed by atoms with Crippen molar-refractivity contribution in [2.45, 2.75) is 51.0 Å². The zero-order valence-corrected chi connectivity index (χ0v) is 19.0. The van der Waals surface area contributed by atoms with E-state index in [0.29, 0.717) is 30.5 Å². The van der Waals surface area contributed by atoms with Gasteiger partial charge in [0.05, 0.1) is 6.04 Å². The number of hydrogen-bond donors (Lipinski definition) is 0. The fraction of sp³-hybridized carbons (Fsp3) is 0.423. The van der Waals surface area contributed by atoms with Gasteiger partial charge in [-0.05, 0) is 74.2 Å². The van der Waals surface area contributed by atoms with Crippen molar-refractivity contribution >= 4 is 5.91 Å². The fourth-order valence-electron chi connectivity index (χ4n) is 5.69. The van der Waals surface area contributed by atoms with Crippen LogP contribution in [0.2, 0.25) is 0 Å². The number of fused-ring (bicyclic) bond motifs is 3. The maximum atomic E-state index is 13.7. The number of aryl methyl sites for hydroxylation is 1. The van der Waals surface area contributed by atoms with Crippen molar-refractivity contribution in [1.29, 1.82) is 0 Å². The minimum Gasteiger partial charge on any atom is -0.486 e. The second-order valence-electron chi connectivity index (χ2n) is 9.40. The Hall–Kier alpha value is -3.35. The van der Waals surface area contributed by atoms with Crippen LogP contribution in [0.15, 0.2) is 40.9 Å². The molecule has 2 aliphatic heterocycles. The first-order chi connectivity index (χ1) is 16.0. The minimum atomic E-state index is -0.0483. The van der Waals surface area contributed by atoms with Crippen LogP contribution < -0.4 is 9.47 Å². The maximum Gasteiger partial charge on any atom is 0.257 e. The van der Waals surface area contributed by atoms with Crippen LogP contribution in [0.3, 0.4) is 0 Å². The van der Waals surface area contributed by atoms with Crippen LogP contribution in [0.4, 0.5) is 0 Å². The van der Waals surface area contributed by atoms with Crippen LogP contribution in [0.5, 0.6) is 11.5 Å². The Morgan fingerprint density at radius 1 is 1.06 bits per heavy atom. The predicted molar refractivity (Wildman–Crippen MR) is 122 cm³/mol. The zero-order chi connectivity index (χ0) is 22.6. The molecule has 0 radical (unpaired) electrons. The monoisotopic (exact) mass is 445 g/mol. The summed E-state index contributed by atoms with van der Waals surface area (Å²) in [6, 6.07) is 11.7. The molecular formula is C26H27N3O4. The smallest absolute Gasteiger partial charge is 0.257 e. The van der Waals surface area contributed by atoms with Crippen molar-refractivity contribution in [1.82, 2.24) is 15.0 Å². The molecule has 0 N–H and O–H groups in total. The lowest BCUT2D eigenvalue weighted by molar-refractivity contribution is 0.0593. The third kappa shape index (κ3) is 3.29. The van der Waals surface area contributed by atoms with Crippen molar-refractivity contribution in [3.8, 4) is 23.0 Å². The Morgan fingerprint density at radius 3 is 2.42 bits per heavy atom. The summed E-state index contributed by atoms with van der Waals surface area (Å²) in [6.07, 6.45) is 4.54. The van der Waals surface area contributed by atoms with E-state index in [4.69, 9.17) is 14.0 Å². The molecule has 7 heteroatoms. The van der Waals surface area contributed by atoms with Crippen LogP contribution in [0.1, 0.15) is 66.0 Å². The molecule has 1 saturated carbocycles. The number of hydrogen-bond acceptors (Lipinski definition) is 6. The number of carbonyl (C=O) groups is 1. The topological polar surface area (TPSA) is 77.7 Å². The molecule has 7 nitrogen and oxygen atoms in total. The summed E-state index contributed by atoms with van der Waals surface area (Å²) in [5, 5.41) is 3.85. The highest BCUT2D eigenvalue weighted by Gasteiger charge is 2.46. The zero-order valence-electron chi connectivity index (χ0n) is 19.0. The van der Waals surface area contributed by atoms with Crippen LogP contribution in [0, 0.1) is 6.92 Å². The molecule has 6 rings (SSSR count). The van der Waals surface area contributed by atoms with Gasteiger partial charge in [0.1, 0.15) is 13.2 Å². The summed E-state index contributed by atoms with van der Waals surface area (Å²) in [6.45, 7) is 5.76. The standard InChI is InChI=1S/C26H27N3O4/c1-16-20-13-22-23(32-12-11-31-22)14-21(20)26(9-3-4-10-26)15-29(16)25(30)19-7-5-18(6-8-19)24-27-17(2)28-33-24/h5-8,13-14,16H,3-4,9-12,15H2,1-2H3. The Kier molecular flexibility index (Phi) is 4.67. The van der Waals surface area contributed by atoms with Gasteiger partial charge in [-0.3, -0.25) is 4.79 Å². The van der Waals surface area contributed by atoms with E-state index in [2.05, 4.69) is 29.2 Å². The van der Waals surface area contributed by atoms with E-state index in [-0.39, 0.29) is 17.4 Å². The molecule has 1 atom stereocenters. The van der Waals surface area contributed by atoms with E-state index in [1.807, 2.05) is 29.2 Å². The van der Waals surface area contributed by atoms with Crippen molar-refractivity contribution in [3.63, 3.8) is 0 Å². The van der Waals surface area contributed by atoms with Crippen molar-refractivity contribution < 1.29 is 18.8 Å². The molecular weight excluding hydrogens is 418 g/mol. The first-order valence-electron chi connectivity index (χ1n) is 11.7. The van der Waals surface area contributed by atoms with Crippen LogP contribution in [-0.2, 0) is 5.41 Å². The SMILES string of the molecule is Cc1noc(-c2ccc(C(=O)N3CC4(CCCC4)c4cc5c(cc4C3C)OCCO5)cc2)n1. The third-order valence-corrected chi connectivity index (χ3v) is 7.40. The summed E-state index contributed by atoms with van der Waals surface area (Å²) >= 11 is 0. The Morgan fingerprint density at radius 2 is 1.76 bits per heavy atom. The van der Waals surface area contributed by atoms with Gasteiger partial charge in [0, 0.05) is 23.1 Å². The summed E-state index contributed by atoms with van der Waals surface area (Å²) < 4.78 is 17.0. The first kappa shape index (κ1) is 20.3. The maximum absolute atomic E-state index is 13.7. The van der Waals surface area contributed by atoms with Gasteiger partial charge in [-0.15, -0.1) is 0 Å². The van der Waals surface area contributed by atoms with E-state index in [9.17, 15) is 4.79 Å². The van der Waals surface area contributed by atoms with E-state index >= 15 is 0 Å². The highest BCUT2D eigenvalue weighted by molar-refractivity contribution is 5.95. The quantitative estimate of drug-likeness (QED) is 0.561. The lowest BCUT2D eigenvalue weighted by Gasteiger charge is -2.46. The molecule has 2 aromatic carbocycles. The van der Waals surface area contributed by atoms with Crippen LogP contribution in [-0.4, -0.2) is 40.7 Å². The molecule has 1 aromatic heterocycles. The van der Waals surface area contributed by atoms with E-state index in [1.165, 1.54) is 24.0 Å². The number of benzene rings is 2. The Balaban J connectivity index is 1.35. The van der Waals surface area contributed by atoms with Gasteiger partial charge >= 0.3 is 0 Å². The molecule has 170 valence electrons. The molecule has 1 fully saturated rings. The predicted octanol–water partition coefficient (Wildman–Crippen LogP) is 4.85. The molecule has 1 spiro atoms. The average molecular weight is 446 g/mol. The van der Waals surface area contributed by atoms with Gasteiger partial charge in [-0.2, -0.15) is 4.98 Å². The summed E-state index contributed by atoms with van der Waals surface area (Å²) in [4.78, 5) is 20.0. The Bertz CT molecular complexity index is 1210. The van der Waals surface area contributed by atoms with Crippen LogP contribution in [0.25, 0.3) is 11.5 Å². The minimum absolute atomic E-state index is 0.0193. The molecule has 1 aliphatic carbocycles. The largest absolute Gasteiger partial charge is 0.486 e. The van der Waals surface area contributed by atoms with E-state index in [0.717, 1.165) is 36.4 Å². The van der Waals surface area contributed by atoms with Crippen molar-refractivity contribution in [3.05, 3.63) is 58.9 Å². The summed E-state index contributed by atoms with van der Waals surface area (Å²) in [5.74, 6) is 2.72. The number of carbonyl (C=O) groups excluding carboxylic acids is 1. The van der Waals surface area contributed by atoms with Gasteiger partial charge in [0.25, 0.3) is 11.8 Å². The lowest BCUT2D eigenvalue weighted by atomic mass is 9.71. The molecule has 1 amide bonds. The molecule has 0 saturated heterocycles. The molecule has 0 bridgehead atoms. The molecule has 3 aromatic rings.